The second-order valence-corrected chi connectivity index (χ2v) is 7.87. The van der Waals surface area contributed by atoms with Gasteiger partial charge in [0.05, 0.1) is 0 Å². The van der Waals surface area contributed by atoms with Gasteiger partial charge in [-0.05, 0) is 32.0 Å². The first-order valence-electron chi connectivity index (χ1n) is 9.27. The van der Waals surface area contributed by atoms with E-state index >= 15 is 0 Å². The lowest BCUT2D eigenvalue weighted by Gasteiger charge is -2.26. The highest BCUT2D eigenvalue weighted by Crippen LogP contribution is 2.31. The van der Waals surface area contributed by atoms with Crippen molar-refractivity contribution in [2.45, 2.75) is 25.0 Å². The fraction of sp³-hybridized carbons (Fsp3) is 0.364. The Hall–Kier alpha value is -1.71. The van der Waals surface area contributed by atoms with Crippen LogP contribution in [0, 0.1) is 0 Å². The van der Waals surface area contributed by atoms with E-state index in [4.69, 9.17) is 4.42 Å². The molecular weight excluding hydrogens is 326 g/mol. The predicted molar refractivity (Wildman–Crippen MR) is 108 cm³/mol. The Morgan fingerprint density at radius 1 is 0.920 bits per heavy atom. The standard InChI is InChI=1S/C22H25NOS/c1-3-8-18(9-4-1)21-16-19-10-7-11-20(22(19)24-21)17-25-15-14-23-12-5-2-6-13-23/h1,3-4,7-11,16H,2,5-6,12-15,17H2. The number of rotatable bonds is 6. The monoisotopic (exact) mass is 351 g/mol. The van der Waals surface area contributed by atoms with Crippen LogP contribution in [0.2, 0.25) is 0 Å². The second kappa shape index (κ2) is 8.11. The van der Waals surface area contributed by atoms with Gasteiger partial charge in [-0.1, -0.05) is 55.0 Å². The Labute approximate surface area is 154 Å². The highest BCUT2D eigenvalue weighted by molar-refractivity contribution is 7.98. The van der Waals surface area contributed by atoms with Gasteiger partial charge in [0.2, 0.25) is 0 Å². The summed E-state index contributed by atoms with van der Waals surface area (Å²) in [6, 6.07) is 19.0. The molecular formula is C22H25NOS. The summed E-state index contributed by atoms with van der Waals surface area (Å²) in [5.74, 6) is 3.18. The van der Waals surface area contributed by atoms with Crippen LogP contribution in [0.15, 0.2) is 59.0 Å². The summed E-state index contributed by atoms with van der Waals surface area (Å²) in [4.78, 5) is 2.61. The number of benzene rings is 2. The number of likely N-dealkylation sites (tertiary alicyclic amines) is 1. The van der Waals surface area contributed by atoms with Crippen molar-refractivity contribution < 1.29 is 4.42 Å². The van der Waals surface area contributed by atoms with Gasteiger partial charge >= 0.3 is 0 Å². The van der Waals surface area contributed by atoms with E-state index < -0.39 is 0 Å². The smallest absolute Gasteiger partial charge is 0.138 e. The van der Waals surface area contributed by atoms with E-state index in [0.717, 1.165) is 22.7 Å². The van der Waals surface area contributed by atoms with Crippen LogP contribution in [0.1, 0.15) is 24.8 Å². The van der Waals surface area contributed by atoms with Gasteiger partial charge in [0.15, 0.2) is 0 Å². The Morgan fingerprint density at radius 3 is 2.60 bits per heavy atom. The van der Waals surface area contributed by atoms with Crippen molar-refractivity contribution in [2.24, 2.45) is 0 Å². The summed E-state index contributed by atoms with van der Waals surface area (Å²) >= 11 is 2.02. The van der Waals surface area contributed by atoms with Crippen molar-refractivity contribution >= 4 is 22.7 Å². The zero-order valence-electron chi connectivity index (χ0n) is 14.6. The molecule has 4 rings (SSSR count). The summed E-state index contributed by atoms with van der Waals surface area (Å²) in [7, 11) is 0. The summed E-state index contributed by atoms with van der Waals surface area (Å²) in [6.45, 7) is 3.79. The summed E-state index contributed by atoms with van der Waals surface area (Å²) in [6.07, 6.45) is 4.16. The van der Waals surface area contributed by atoms with E-state index in [1.165, 1.54) is 55.6 Å². The molecule has 0 aliphatic carbocycles. The van der Waals surface area contributed by atoms with Crippen molar-refractivity contribution in [2.75, 3.05) is 25.4 Å². The van der Waals surface area contributed by atoms with Gasteiger partial charge in [0, 0.05) is 34.6 Å². The molecule has 130 valence electrons. The fourth-order valence-electron chi connectivity index (χ4n) is 3.54. The van der Waals surface area contributed by atoms with E-state index in [9.17, 15) is 0 Å². The van der Waals surface area contributed by atoms with Crippen molar-refractivity contribution in [3.05, 3.63) is 60.2 Å². The summed E-state index contributed by atoms with van der Waals surface area (Å²) in [5, 5.41) is 1.20. The largest absolute Gasteiger partial charge is 0.456 e. The van der Waals surface area contributed by atoms with E-state index in [-0.39, 0.29) is 0 Å². The third-order valence-corrected chi connectivity index (χ3v) is 5.93. The normalized spacial score (nSPS) is 15.7. The Balaban J connectivity index is 1.42. The van der Waals surface area contributed by atoms with Gasteiger partial charge in [0.25, 0.3) is 0 Å². The maximum atomic E-state index is 6.21. The Kier molecular flexibility index (Phi) is 5.43. The molecule has 1 aliphatic heterocycles. The highest BCUT2D eigenvalue weighted by Gasteiger charge is 2.11. The molecule has 1 fully saturated rings. The van der Waals surface area contributed by atoms with E-state index in [1.807, 2.05) is 17.8 Å². The molecule has 0 atom stereocenters. The van der Waals surface area contributed by atoms with Crippen LogP contribution in [-0.2, 0) is 5.75 Å². The molecule has 0 unspecified atom stereocenters. The molecule has 3 aromatic rings. The molecule has 0 radical (unpaired) electrons. The average Bonchev–Trinajstić information content (AvgIpc) is 3.12. The number of nitrogens with zero attached hydrogens (tertiary/aromatic N) is 1. The first kappa shape index (κ1) is 16.7. The van der Waals surface area contributed by atoms with Crippen LogP contribution in [0.4, 0.5) is 0 Å². The molecule has 0 spiro atoms. The van der Waals surface area contributed by atoms with E-state index in [2.05, 4.69) is 53.4 Å². The molecule has 0 amide bonds. The van der Waals surface area contributed by atoms with E-state index in [1.54, 1.807) is 0 Å². The molecule has 2 heterocycles. The maximum absolute atomic E-state index is 6.21. The molecule has 0 saturated carbocycles. The van der Waals surface area contributed by atoms with Gasteiger partial charge in [-0.15, -0.1) is 0 Å². The van der Waals surface area contributed by atoms with Gasteiger partial charge in [0.1, 0.15) is 11.3 Å². The lowest BCUT2D eigenvalue weighted by atomic mass is 10.1. The minimum atomic E-state index is 0.960. The van der Waals surface area contributed by atoms with Crippen molar-refractivity contribution in [3.8, 4) is 11.3 Å². The van der Waals surface area contributed by atoms with Crippen molar-refractivity contribution in [1.82, 2.24) is 4.90 Å². The van der Waals surface area contributed by atoms with Crippen LogP contribution < -0.4 is 0 Å². The summed E-state index contributed by atoms with van der Waals surface area (Å²) in [5.41, 5.74) is 3.50. The number of para-hydroxylation sites is 1. The third-order valence-electron chi connectivity index (χ3n) is 4.94. The molecule has 3 heteroatoms. The van der Waals surface area contributed by atoms with Gasteiger partial charge in [-0.3, -0.25) is 0 Å². The van der Waals surface area contributed by atoms with Gasteiger partial charge < -0.3 is 9.32 Å². The topological polar surface area (TPSA) is 16.4 Å². The van der Waals surface area contributed by atoms with Crippen LogP contribution in [0.3, 0.4) is 0 Å². The number of thioether (sulfide) groups is 1. The second-order valence-electron chi connectivity index (χ2n) is 6.77. The fourth-order valence-corrected chi connectivity index (χ4v) is 4.52. The molecule has 25 heavy (non-hydrogen) atoms. The van der Waals surface area contributed by atoms with Crippen LogP contribution in [0.25, 0.3) is 22.3 Å². The average molecular weight is 352 g/mol. The SMILES string of the molecule is c1ccc(-c2cc3cccc(CSCCN4CCCCC4)c3o2)cc1. The summed E-state index contributed by atoms with van der Waals surface area (Å²) < 4.78 is 6.21. The zero-order valence-corrected chi connectivity index (χ0v) is 15.4. The molecule has 2 aromatic carbocycles. The molecule has 1 saturated heterocycles. The zero-order chi connectivity index (χ0) is 16.9. The third kappa shape index (κ3) is 4.10. The molecule has 1 aromatic heterocycles. The van der Waals surface area contributed by atoms with E-state index in [0.29, 0.717) is 0 Å². The quantitative estimate of drug-likeness (QED) is 0.521. The van der Waals surface area contributed by atoms with Gasteiger partial charge in [-0.25, -0.2) is 0 Å². The lowest BCUT2D eigenvalue weighted by Crippen LogP contribution is -2.31. The minimum Gasteiger partial charge on any atom is -0.456 e. The number of furan rings is 1. The Bertz CT molecular complexity index is 805. The molecule has 2 nitrogen and oxygen atoms in total. The number of hydrogen-bond donors (Lipinski definition) is 0. The lowest BCUT2D eigenvalue weighted by molar-refractivity contribution is 0.242. The first-order chi connectivity index (χ1) is 12.4. The number of fused-ring (bicyclic) bond motifs is 1. The van der Waals surface area contributed by atoms with Crippen LogP contribution >= 0.6 is 11.8 Å². The minimum absolute atomic E-state index is 0.960. The molecule has 1 aliphatic rings. The maximum Gasteiger partial charge on any atom is 0.138 e. The highest BCUT2D eigenvalue weighted by atomic mass is 32.2. The first-order valence-corrected chi connectivity index (χ1v) is 10.4. The van der Waals surface area contributed by atoms with Crippen LogP contribution in [0.5, 0.6) is 0 Å². The molecule has 0 N–H and O–H groups in total. The van der Waals surface area contributed by atoms with Gasteiger partial charge in [-0.2, -0.15) is 11.8 Å². The number of piperidine rings is 1. The molecule has 0 bridgehead atoms. The predicted octanol–water partition coefficient (Wildman–Crippen LogP) is 5.82. The van der Waals surface area contributed by atoms with Crippen LogP contribution in [-0.4, -0.2) is 30.3 Å². The number of hydrogen-bond acceptors (Lipinski definition) is 3. The van der Waals surface area contributed by atoms with Crippen molar-refractivity contribution in [1.29, 1.82) is 0 Å². The Morgan fingerprint density at radius 2 is 1.76 bits per heavy atom. The van der Waals surface area contributed by atoms with Crippen molar-refractivity contribution in [3.63, 3.8) is 0 Å².